The highest BCUT2D eigenvalue weighted by Gasteiger charge is 2.29. The van der Waals surface area contributed by atoms with Gasteiger partial charge in [-0.1, -0.05) is 12.1 Å². The Morgan fingerprint density at radius 3 is 1.84 bits per heavy atom. The summed E-state index contributed by atoms with van der Waals surface area (Å²) in [6, 6.07) is 6.61. The quantitative estimate of drug-likeness (QED) is 0.104. The number of carbonyl (C=O) groups is 3. The topological polar surface area (TPSA) is 206 Å². The fraction of sp³-hybridized carbons (Fsp3) is 0.400. The smallest absolute Gasteiger partial charge is 0.264 e. The van der Waals surface area contributed by atoms with Gasteiger partial charge >= 0.3 is 0 Å². The molecule has 2 aromatic carbocycles. The number of nitrogens with one attached hydrogen (secondary N) is 2. The standard InChI is InChI=1S/C25H34N4O8/c1-15(30)20(26)23(35)28-13-3-2-11-27-12-6-14-29(24(36)16-7-4-9-18(31)21(16)33)25(37)17-8-5-10-19(32)22(17)34/h4-5,7-10,15,20,27,30-34H,2-3,6,11-14,26H2,1H3,(H,28,35)/t15-,20+/m1/s1. The molecule has 12 nitrogen and oxygen atoms in total. The van der Waals surface area contributed by atoms with Gasteiger partial charge in [-0.05, 0) is 63.5 Å². The minimum absolute atomic E-state index is 0.0812. The van der Waals surface area contributed by atoms with Crippen molar-refractivity contribution < 1.29 is 39.9 Å². The van der Waals surface area contributed by atoms with Gasteiger partial charge < -0.3 is 41.9 Å². The van der Waals surface area contributed by atoms with Gasteiger partial charge in [0.2, 0.25) is 5.91 Å². The molecule has 0 aliphatic rings. The van der Waals surface area contributed by atoms with E-state index in [1.807, 2.05) is 0 Å². The summed E-state index contributed by atoms with van der Waals surface area (Å²) in [6.45, 7) is 2.78. The lowest BCUT2D eigenvalue weighted by atomic mass is 10.1. The molecule has 9 N–H and O–H groups in total. The second-order valence-electron chi connectivity index (χ2n) is 8.48. The third-order valence-electron chi connectivity index (χ3n) is 5.62. The second-order valence-corrected chi connectivity index (χ2v) is 8.48. The van der Waals surface area contributed by atoms with Crippen LogP contribution in [0, 0.1) is 0 Å². The molecule has 0 unspecified atom stereocenters. The Morgan fingerprint density at radius 1 is 0.838 bits per heavy atom. The van der Waals surface area contributed by atoms with Gasteiger partial charge in [-0.2, -0.15) is 0 Å². The van der Waals surface area contributed by atoms with Crippen molar-refractivity contribution in [1.82, 2.24) is 15.5 Å². The molecule has 0 fully saturated rings. The highest BCUT2D eigenvalue weighted by atomic mass is 16.3. The lowest BCUT2D eigenvalue weighted by Crippen LogP contribution is -2.47. The molecule has 0 aromatic heterocycles. The van der Waals surface area contributed by atoms with Crippen molar-refractivity contribution in [2.75, 3.05) is 26.2 Å². The number of nitrogens with zero attached hydrogens (tertiary/aromatic N) is 1. The first-order valence-corrected chi connectivity index (χ1v) is 11.9. The molecule has 2 atom stereocenters. The SMILES string of the molecule is C[C@@H](O)[C@H](N)C(=O)NCCCCNCCCN(C(=O)c1cccc(O)c1O)C(=O)c1cccc(O)c1O. The normalized spacial score (nSPS) is 12.5. The van der Waals surface area contributed by atoms with Crippen molar-refractivity contribution in [1.29, 1.82) is 0 Å². The zero-order valence-electron chi connectivity index (χ0n) is 20.6. The Bertz CT molecular complexity index is 1030. The number of nitrogens with two attached hydrogens (primary N) is 1. The first-order valence-electron chi connectivity index (χ1n) is 11.9. The maximum absolute atomic E-state index is 13.1. The first-order chi connectivity index (χ1) is 17.6. The van der Waals surface area contributed by atoms with Crippen LogP contribution in [0.4, 0.5) is 0 Å². The lowest BCUT2D eigenvalue weighted by Gasteiger charge is -2.22. The molecule has 0 spiro atoms. The second kappa shape index (κ2) is 14.0. The van der Waals surface area contributed by atoms with Crippen LogP contribution in [-0.4, -0.2) is 86.5 Å². The molecule has 0 saturated heterocycles. The number of benzene rings is 2. The molecule has 37 heavy (non-hydrogen) atoms. The van der Waals surface area contributed by atoms with Crippen molar-refractivity contribution in [3.05, 3.63) is 47.5 Å². The van der Waals surface area contributed by atoms with Gasteiger partial charge in [-0.15, -0.1) is 0 Å². The summed E-state index contributed by atoms with van der Waals surface area (Å²) >= 11 is 0. The first kappa shape index (κ1) is 29.4. The minimum Gasteiger partial charge on any atom is -0.504 e. The number of rotatable bonds is 13. The summed E-state index contributed by atoms with van der Waals surface area (Å²) in [5, 5.41) is 54.9. The highest BCUT2D eigenvalue weighted by Crippen LogP contribution is 2.32. The van der Waals surface area contributed by atoms with Crippen LogP contribution < -0.4 is 16.4 Å². The zero-order valence-corrected chi connectivity index (χ0v) is 20.6. The number of imide groups is 1. The van der Waals surface area contributed by atoms with E-state index < -0.39 is 52.9 Å². The van der Waals surface area contributed by atoms with Crippen LogP contribution in [-0.2, 0) is 4.79 Å². The third-order valence-corrected chi connectivity index (χ3v) is 5.62. The van der Waals surface area contributed by atoms with E-state index in [-0.39, 0.29) is 17.7 Å². The van der Waals surface area contributed by atoms with E-state index in [9.17, 15) is 39.9 Å². The van der Waals surface area contributed by atoms with Crippen molar-refractivity contribution in [2.45, 2.75) is 38.3 Å². The maximum Gasteiger partial charge on any atom is 0.264 e. The fourth-order valence-corrected chi connectivity index (χ4v) is 3.40. The molecular formula is C25H34N4O8. The number of unbranched alkanes of at least 4 members (excludes halogenated alkanes) is 1. The number of aliphatic hydroxyl groups is 1. The Morgan fingerprint density at radius 2 is 1.32 bits per heavy atom. The maximum atomic E-state index is 13.1. The number of hydrogen-bond acceptors (Lipinski definition) is 10. The number of phenolic OH excluding ortho intramolecular Hbond substituents is 4. The molecule has 0 aliphatic heterocycles. The predicted octanol–water partition coefficient (Wildman–Crippen LogP) is 0.376. The summed E-state index contributed by atoms with van der Waals surface area (Å²) < 4.78 is 0. The van der Waals surface area contributed by atoms with Crippen LogP contribution in [0.1, 0.15) is 46.9 Å². The van der Waals surface area contributed by atoms with Gasteiger partial charge in [-0.3, -0.25) is 19.3 Å². The Labute approximate surface area is 214 Å². The molecule has 12 heteroatoms. The van der Waals surface area contributed by atoms with Crippen LogP contribution in [0.5, 0.6) is 23.0 Å². The zero-order chi connectivity index (χ0) is 27.5. The van der Waals surface area contributed by atoms with Crippen LogP contribution in [0.15, 0.2) is 36.4 Å². The van der Waals surface area contributed by atoms with Gasteiger partial charge in [0.15, 0.2) is 23.0 Å². The molecule has 0 saturated carbocycles. The van der Waals surface area contributed by atoms with E-state index >= 15 is 0 Å². The predicted molar refractivity (Wildman–Crippen MR) is 134 cm³/mol. The summed E-state index contributed by atoms with van der Waals surface area (Å²) in [5.41, 5.74) is 4.96. The van der Waals surface area contributed by atoms with E-state index in [1.54, 1.807) is 0 Å². The average molecular weight is 519 g/mol. The van der Waals surface area contributed by atoms with Gasteiger partial charge in [0.25, 0.3) is 11.8 Å². The van der Waals surface area contributed by atoms with Crippen molar-refractivity contribution >= 4 is 17.7 Å². The molecule has 2 aromatic rings. The number of carbonyl (C=O) groups excluding carboxylic acids is 3. The lowest BCUT2D eigenvalue weighted by molar-refractivity contribution is -0.124. The molecular weight excluding hydrogens is 484 g/mol. The molecule has 3 amide bonds. The van der Waals surface area contributed by atoms with E-state index in [2.05, 4.69) is 10.6 Å². The monoisotopic (exact) mass is 518 g/mol. The van der Waals surface area contributed by atoms with Crippen LogP contribution >= 0.6 is 0 Å². The van der Waals surface area contributed by atoms with Crippen LogP contribution in [0.3, 0.4) is 0 Å². The van der Waals surface area contributed by atoms with Crippen LogP contribution in [0.25, 0.3) is 0 Å². The molecule has 0 aliphatic carbocycles. The number of hydrogen-bond donors (Lipinski definition) is 8. The number of aromatic hydroxyl groups is 4. The van der Waals surface area contributed by atoms with E-state index in [4.69, 9.17) is 5.73 Å². The molecule has 0 heterocycles. The van der Waals surface area contributed by atoms with Crippen LogP contribution in [0.2, 0.25) is 0 Å². The third kappa shape index (κ3) is 8.07. The molecule has 0 radical (unpaired) electrons. The molecule has 2 rings (SSSR count). The van der Waals surface area contributed by atoms with Crippen molar-refractivity contribution in [3.63, 3.8) is 0 Å². The van der Waals surface area contributed by atoms with Gasteiger partial charge in [0.1, 0.15) is 6.04 Å². The van der Waals surface area contributed by atoms with Gasteiger partial charge in [0.05, 0.1) is 17.2 Å². The van der Waals surface area contributed by atoms with E-state index in [0.29, 0.717) is 32.5 Å². The molecule has 0 bridgehead atoms. The largest absolute Gasteiger partial charge is 0.504 e. The van der Waals surface area contributed by atoms with E-state index in [1.165, 1.54) is 43.3 Å². The Kier molecular flexibility index (Phi) is 11.1. The Hall–Kier alpha value is -3.87. The van der Waals surface area contributed by atoms with E-state index in [0.717, 1.165) is 11.3 Å². The number of amides is 3. The number of aliphatic hydroxyl groups excluding tert-OH is 1. The number of para-hydroxylation sites is 2. The fourth-order valence-electron chi connectivity index (χ4n) is 3.40. The minimum atomic E-state index is -0.977. The summed E-state index contributed by atoms with van der Waals surface area (Å²) in [5.74, 6) is -4.59. The highest BCUT2D eigenvalue weighted by molar-refractivity contribution is 6.12. The van der Waals surface area contributed by atoms with Gasteiger partial charge in [0, 0.05) is 13.1 Å². The summed E-state index contributed by atoms with van der Waals surface area (Å²) in [4.78, 5) is 38.8. The summed E-state index contributed by atoms with van der Waals surface area (Å²) in [6.07, 6.45) is 0.784. The van der Waals surface area contributed by atoms with Crippen molar-refractivity contribution in [3.8, 4) is 23.0 Å². The molecule has 202 valence electrons. The number of phenols is 4. The average Bonchev–Trinajstić information content (AvgIpc) is 2.87. The Balaban J connectivity index is 1.93. The summed E-state index contributed by atoms with van der Waals surface area (Å²) in [7, 11) is 0. The van der Waals surface area contributed by atoms with Crippen molar-refractivity contribution in [2.24, 2.45) is 5.73 Å². The van der Waals surface area contributed by atoms with Gasteiger partial charge in [-0.25, -0.2) is 0 Å².